The minimum absolute atomic E-state index is 0.166. The second-order valence-electron chi connectivity index (χ2n) is 4.63. The Labute approximate surface area is 103 Å². The second kappa shape index (κ2) is 6.12. The molecule has 1 fully saturated rings. The summed E-state index contributed by atoms with van der Waals surface area (Å²) < 4.78 is 5.79. The summed E-state index contributed by atoms with van der Waals surface area (Å²) in [5.41, 5.74) is 4.17. The minimum atomic E-state index is 0.166. The highest BCUT2D eigenvalue weighted by molar-refractivity contribution is 5.16. The molecule has 0 saturated carbocycles. The molecule has 2 unspecified atom stereocenters. The SMILES string of the molecule is CN1CCOC(C(Cc2ccccc2)NN)C1. The van der Waals surface area contributed by atoms with Crippen molar-refractivity contribution in [3.05, 3.63) is 35.9 Å². The van der Waals surface area contributed by atoms with Crippen molar-refractivity contribution in [1.82, 2.24) is 10.3 Å². The summed E-state index contributed by atoms with van der Waals surface area (Å²) in [7, 11) is 2.12. The van der Waals surface area contributed by atoms with Crippen LogP contribution in [0.1, 0.15) is 5.56 Å². The van der Waals surface area contributed by atoms with Gasteiger partial charge in [-0.2, -0.15) is 0 Å². The molecule has 2 atom stereocenters. The van der Waals surface area contributed by atoms with Gasteiger partial charge in [0, 0.05) is 13.1 Å². The van der Waals surface area contributed by atoms with E-state index >= 15 is 0 Å². The van der Waals surface area contributed by atoms with Gasteiger partial charge in [0.1, 0.15) is 0 Å². The topological polar surface area (TPSA) is 50.5 Å². The Bertz CT molecular complexity index is 331. The highest BCUT2D eigenvalue weighted by Crippen LogP contribution is 2.12. The molecule has 1 aromatic carbocycles. The van der Waals surface area contributed by atoms with E-state index in [1.54, 1.807) is 0 Å². The van der Waals surface area contributed by atoms with Crippen LogP contribution in [0.3, 0.4) is 0 Å². The van der Waals surface area contributed by atoms with Crippen LogP contribution in [0.4, 0.5) is 0 Å². The van der Waals surface area contributed by atoms with Crippen LogP contribution in [0.2, 0.25) is 0 Å². The van der Waals surface area contributed by atoms with Crippen LogP contribution in [-0.2, 0) is 11.2 Å². The molecular weight excluding hydrogens is 214 g/mol. The number of benzene rings is 1. The maximum Gasteiger partial charge on any atom is 0.0871 e. The first-order valence-electron chi connectivity index (χ1n) is 6.10. The smallest absolute Gasteiger partial charge is 0.0871 e. The van der Waals surface area contributed by atoms with E-state index in [-0.39, 0.29) is 12.1 Å². The normalized spacial score (nSPS) is 23.5. The molecule has 17 heavy (non-hydrogen) atoms. The Balaban J connectivity index is 1.96. The van der Waals surface area contributed by atoms with E-state index in [4.69, 9.17) is 10.6 Å². The average Bonchev–Trinajstić information content (AvgIpc) is 2.37. The molecule has 94 valence electrons. The number of nitrogens with one attached hydrogen (secondary N) is 1. The highest BCUT2D eigenvalue weighted by Gasteiger charge is 2.25. The Kier molecular flexibility index (Phi) is 4.50. The summed E-state index contributed by atoms with van der Waals surface area (Å²) in [6.45, 7) is 2.72. The van der Waals surface area contributed by atoms with E-state index in [2.05, 4.69) is 41.6 Å². The first-order chi connectivity index (χ1) is 8.29. The van der Waals surface area contributed by atoms with Crippen LogP contribution in [0, 0.1) is 0 Å². The van der Waals surface area contributed by atoms with Gasteiger partial charge in [0.2, 0.25) is 0 Å². The number of nitrogens with two attached hydrogens (primary N) is 1. The molecule has 1 aliphatic heterocycles. The van der Waals surface area contributed by atoms with Crippen LogP contribution >= 0.6 is 0 Å². The zero-order chi connectivity index (χ0) is 12.1. The first kappa shape index (κ1) is 12.5. The van der Waals surface area contributed by atoms with Crippen molar-refractivity contribution in [2.24, 2.45) is 5.84 Å². The molecule has 0 aromatic heterocycles. The van der Waals surface area contributed by atoms with E-state index in [0.717, 1.165) is 26.1 Å². The van der Waals surface area contributed by atoms with Gasteiger partial charge in [-0.15, -0.1) is 0 Å². The van der Waals surface area contributed by atoms with Gasteiger partial charge >= 0.3 is 0 Å². The van der Waals surface area contributed by atoms with Crippen LogP contribution in [-0.4, -0.2) is 43.8 Å². The largest absolute Gasteiger partial charge is 0.374 e. The van der Waals surface area contributed by atoms with Gasteiger partial charge in [0.05, 0.1) is 18.8 Å². The van der Waals surface area contributed by atoms with Gasteiger partial charge in [-0.25, -0.2) is 0 Å². The van der Waals surface area contributed by atoms with Crippen molar-refractivity contribution < 1.29 is 4.74 Å². The highest BCUT2D eigenvalue weighted by atomic mass is 16.5. The molecular formula is C13H21N3O. The molecule has 0 radical (unpaired) electrons. The van der Waals surface area contributed by atoms with Crippen molar-refractivity contribution in [1.29, 1.82) is 0 Å². The quantitative estimate of drug-likeness (QED) is 0.585. The molecule has 4 heteroatoms. The summed E-state index contributed by atoms with van der Waals surface area (Å²) >= 11 is 0. The predicted molar refractivity (Wildman–Crippen MR) is 68.5 cm³/mol. The molecule has 3 N–H and O–H groups in total. The van der Waals surface area contributed by atoms with Gasteiger partial charge in [0.25, 0.3) is 0 Å². The Hall–Kier alpha value is -0.940. The van der Waals surface area contributed by atoms with Crippen LogP contribution in [0.5, 0.6) is 0 Å². The van der Waals surface area contributed by atoms with Crippen molar-refractivity contribution in [3.8, 4) is 0 Å². The molecule has 0 amide bonds. The summed E-state index contributed by atoms with van der Waals surface area (Å²) in [4.78, 5) is 2.28. The fraction of sp³-hybridized carbons (Fsp3) is 0.538. The van der Waals surface area contributed by atoms with Gasteiger partial charge < -0.3 is 9.64 Å². The van der Waals surface area contributed by atoms with Crippen LogP contribution in [0.25, 0.3) is 0 Å². The molecule has 2 rings (SSSR count). The fourth-order valence-corrected chi connectivity index (χ4v) is 2.22. The van der Waals surface area contributed by atoms with Crippen molar-refractivity contribution in [2.75, 3.05) is 26.7 Å². The Morgan fingerprint density at radius 3 is 2.88 bits per heavy atom. The molecule has 1 aromatic rings. The second-order valence-corrected chi connectivity index (χ2v) is 4.63. The third-order valence-corrected chi connectivity index (χ3v) is 3.26. The molecule has 0 spiro atoms. The summed E-state index contributed by atoms with van der Waals surface area (Å²) in [6, 6.07) is 10.5. The number of likely N-dealkylation sites (N-methyl/N-ethyl adjacent to an activating group) is 1. The number of hydrazine groups is 1. The number of hydrogen-bond donors (Lipinski definition) is 2. The minimum Gasteiger partial charge on any atom is -0.374 e. The predicted octanol–water partition coefficient (Wildman–Crippen LogP) is 0.392. The summed E-state index contributed by atoms with van der Waals surface area (Å²) in [5.74, 6) is 5.65. The summed E-state index contributed by atoms with van der Waals surface area (Å²) in [5, 5.41) is 0. The number of morpholine rings is 1. The monoisotopic (exact) mass is 235 g/mol. The van der Waals surface area contributed by atoms with E-state index in [1.807, 2.05) is 6.07 Å². The lowest BCUT2D eigenvalue weighted by molar-refractivity contribution is -0.0384. The van der Waals surface area contributed by atoms with Gasteiger partial charge in [-0.3, -0.25) is 11.3 Å². The molecule has 4 nitrogen and oxygen atoms in total. The zero-order valence-electron chi connectivity index (χ0n) is 10.3. The zero-order valence-corrected chi connectivity index (χ0v) is 10.3. The third kappa shape index (κ3) is 3.51. The van der Waals surface area contributed by atoms with E-state index in [0.29, 0.717) is 0 Å². The first-order valence-corrected chi connectivity index (χ1v) is 6.10. The fourth-order valence-electron chi connectivity index (χ4n) is 2.22. The molecule has 1 aliphatic rings. The van der Waals surface area contributed by atoms with Gasteiger partial charge in [-0.05, 0) is 19.0 Å². The van der Waals surface area contributed by atoms with E-state index < -0.39 is 0 Å². The number of rotatable bonds is 4. The van der Waals surface area contributed by atoms with E-state index in [1.165, 1.54) is 5.56 Å². The number of hydrogen-bond acceptors (Lipinski definition) is 4. The Morgan fingerprint density at radius 1 is 1.47 bits per heavy atom. The average molecular weight is 235 g/mol. The van der Waals surface area contributed by atoms with Gasteiger partial charge in [0.15, 0.2) is 0 Å². The lowest BCUT2D eigenvalue weighted by atomic mass is 10.0. The lowest BCUT2D eigenvalue weighted by Gasteiger charge is -2.34. The van der Waals surface area contributed by atoms with Crippen LogP contribution < -0.4 is 11.3 Å². The van der Waals surface area contributed by atoms with E-state index in [9.17, 15) is 0 Å². The number of nitrogens with zero attached hydrogens (tertiary/aromatic N) is 1. The molecule has 1 saturated heterocycles. The van der Waals surface area contributed by atoms with Crippen molar-refractivity contribution >= 4 is 0 Å². The standard InChI is InChI=1S/C13H21N3O/c1-16-7-8-17-13(10-16)12(15-14)9-11-5-3-2-4-6-11/h2-6,12-13,15H,7-10,14H2,1H3. The molecule has 1 heterocycles. The lowest BCUT2D eigenvalue weighted by Crippen LogP contribution is -2.54. The molecule has 0 aliphatic carbocycles. The number of ether oxygens (including phenoxy) is 1. The van der Waals surface area contributed by atoms with Crippen molar-refractivity contribution in [2.45, 2.75) is 18.6 Å². The molecule has 0 bridgehead atoms. The van der Waals surface area contributed by atoms with Crippen molar-refractivity contribution in [3.63, 3.8) is 0 Å². The van der Waals surface area contributed by atoms with Gasteiger partial charge in [-0.1, -0.05) is 30.3 Å². The third-order valence-electron chi connectivity index (χ3n) is 3.26. The Morgan fingerprint density at radius 2 is 2.24 bits per heavy atom. The van der Waals surface area contributed by atoms with Crippen LogP contribution in [0.15, 0.2) is 30.3 Å². The maximum atomic E-state index is 5.79. The summed E-state index contributed by atoms with van der Waals surface area (Å²) in [6.07, 6.45) is 1.06. The maximum absolute atomic E-state index is 5.79.